The third-order valence-corrected chi connectivity index (χ3v) is 4.17. The SMILES string of the molecule is C#C/C(=C\C1=C(C)C2C=CC=CC2C1)C(C)C(F)(F)F. The zero-order valence-corrected chi connectivity index (χ0v) is 11.5. The molecule has 3 heteroatoms. The molecule has 0 fully saturated rings. The summed E-state index contributed by atoms with van der Waals surface area (Å²) in [6, 6.07) is 0. The molecule has 2 rings (SSSR count). The maximum Gasteiger partial charge on any atom is 0.396 e. The van der Waals surface area contributed by atoms with Crippen LogP contribution in [-0.4, -0.2) is 6.18 Å². The van der Waals surface area contributed by atoms with Crippen LogP contribution in [0.25, 0.3) is 0 Å². The normalized spacial score (nSPS) is 27.5. The minimum Gasteiger partial charge on any atom is -0.170 e. The van der Waals surface area contributed by atoms with E-state index in [9.17, 15) is 13.2 Å². The molecule has 106 valence electrons. The van der Waals surface area contributed by atoms with E-state index in [1.165, 1.54) is 0 Å². The van der Waals surface area contributed by atoms with E-state index >= 15 is 0 Å². The fourth-order valence-electron chi connectivity index (χ4n) is 2.77. The number of terminal acetylenes is 1. The summed E-state index contributed by atoms with van der Waals surface area (Å²) < 4.78 is 38.3. The average molecular weight is 278 g/mol. The van der Waals surface area contributed by atoms with Crippen LogP contribution in [0.3, 0.4) is 0 Å². The first-order chi connectivity index (χ1) is 9.34. The van der Waals surface area contributed by atoms with Gasteiger partial charge in [0.05, 0.1) is 5.92 Å². The van der Waals surface area contributed by atoms with Crippen molar-refractivity contribution in [2.75, 3.05) is 0 Å². The quantitative estimate of drug-likeness (QED) is 0.635. The van der Waals surface area contributed by atoms with Gasteiger partial charge in [0.1, 0.15) is 0 Å². The van der Waals surface area contributed by atoms with Crippen molar-refractivity contribution in [3.05, 3.63) is 47.1 Å². The first kappa shape index (κ1) is 14.7. The maximum absolute atomic E-state index is 12.8. The first-order valence-corrected chi connectivity index (χ1v) is 6.64. The number of hydrogen-bond acceptors (Lipinski definition) is 0. The van der Waals surface area contributed by atoms with Crippen molar-refractivity contribution in [2.45, 2.75) is 26.4 Å². The summed E-state index contributed by atoms with van der Waals surface area (Å²) in [5.41, 5.74) is 2.08. The molecular formula is C17H17F3. The predicted molar refractivity (Wildman–Crippen MR) is 74.7 cm³/mol. The summed E-state index contributed by atoms with van der Waals surface area (Å²) in [7, 11) is 0. The molecule has 0 aromatic rings. The van der Waals surface area contributed by atoms with Gasteiger partial charge in [-0.15, -0.1) is 6.42 Å². The monoisotopic (exact) mass is 278 g/mol. The summed E-state index contributed by atoms with van der Waals surface area (Å²) in [6.45, 7) is 3.09. The molecule has 0 amide bonds. The number of fused-ring (bicyclic) bond motifs is 1. The van der Waals surface area contributed by atoms with Crippen LogP contribution in [0.2, 0.25) is 0 Å². The van der Waals surface area contributed by atoms with Crippen LogP contribution >= 0.6 is 0 Å². The summed E-state index contributed by atoms with van der Waals surface area (Å²) in [6.07, 6.45) is 11.5. The van der Waals surface area contributed by atoms with Crippen LogP contribution in [-0.2, 0) is 0 Å². The Labute approximate surface area is 117 Å². The highest BCUT2D eigenvalue weighted by molar-refractivity contribution is 5.44. The zero-order chi connectivity index (χ0) is 14.9. The second kappa shape index (κ2) is 5.36. The summed E-state index contributed by atoms with van der Waals surface area (Å²) in [5.74, 6) is 1.26. The van der Waals surface area contributed by atoms with Gasteiger partial charge >= 0.3 is 6.18 Å². The van der Waals surface area contributed by atoms with Crippen molar-refractivity contribution in [3.63, 3.8) is 0 Å². The summed E-state index contributed by atoms with van der Waals surface area (Å²) in [4.78, 5) is 0. The van der Waals surface area contributed by atoms with Crippen molar-refractivity contribution in [2.24, 2.45) is 17.8 Å². The molecule has 3 unspecified atom stereocenters. The van der Waals surface area contributed by atoms with E-state index in [0.717, 1.165) is 24.5 Å². The predicted octanol–water partition coefficient (Wildman–Crippen LogP) is 4.82. The van der Waals surface area contributed by atoms with Gasteiger partial charge in [0, 0.05) is 11.5 Å². The van der Waals surface area contributed by atoms with E-state index in [1.807, 2.05) is 19.1 Å². The molecule has 0 nitrogen and oxygen atoms in total. The van der Waals surface area contributed by atoms with Gasteiger partial charge in [-0.2, -0.15) is 13.2 Å². The van der Waals surface area contributed by atoms with Gasteiger partial charge in [-0.25, -0.2) is 0 Å². The lowest BCUT2D eigenvalue weighted by Gasteiger charge is -2.16. The van der Waals surface area contributed by atoms with Crippen molar-refractivity contribution in [1.82, 2.24) is 0 Å². The van der Waals surface area contributed by atoms with Crippen LogP contribution in [0, 0.1) is 30.1 Å². The second-order valence-corrected chi connectivity index (χ2v) is 5.38. The number of alkyl halides is 3. The average Bonchev–Trinajstić information content (AvgIpc) is 2.71. The minimum atomic E-state index is -4.29. The zero-order valence-electron chi connectivity index (χ0n) is 11.5. The molecule has 20 heavy (non-hydrogen) atoms. The molecule has 0 saturated carbocycles. The first-order valence-electron chi connectivity index (χ1n) is 6.64. The van der Waals surface area contributed by atoms with E-state index in [-0.39, 0.29) is 5.57 Å². The smallest absolute Gasteiger partial charge is 0.170 e. The molecule has 0 saturated heterocycles. The van der Waals surface area contributed by atoms with Gasteiger partial charge in [-0.1, -0.05) is 35.8 Å². The lowest BCUT2D eigenvalue weighted by atomic mass is 9.88. The standard InChI is InChI=1S/C17H17F3/c1-4-13(12(3)17(18,19)20)9-15-10-14-7-5-6-8-16(14)11(15)2/h1,5-9,12,14,16H,10H2,2-3H3/b13-9+. The molecule has 0 bridgehead atoms. The van der Waals surface area contributed by atoms with Gasteiger partial charge < -0.3 is 0 Å². The van der Waals surface area contributed by atoms with Gasteiger partial charge in [-0.3, -0.25) is 0 Å². The van der Waals surface area contributed by atoms with Crippen molar-refractivity contribution in [1.29, 1.82) is 0 Å². The molecular weight excluding hydrogens is 261 g/mol. The van der Waals surface area contributed by atoms with E-state index in [1.54, 1.807) is 6.08 Å². The summed E-state index contributed by atoms with van der Waals surface area (Å²) >= 11 is 0. The van der Waals surface area contributed by atoms with E-state index in [0.29, 0.717) is 11.8 Å². The van der Waals surface area contributed by atoms with Gasteiger partial charge in [-0.05, 0) is 37.8 Å². The number of halogens is 3. The lowest BCUT2D eigenvalue weighted by Crippen LogP contribution is -2.21. The summed E-state index contributed by atoms with van der Waals surface area (Å²) in [5, 5.41) is 0. The minimum absolute atomic E-state index is 0.0125. The topological polar surface area (TPSA) is 0 Å². The van der Waals surface area contributed by atoms with Crippen LogP contribution in [0.4, 0.5) is 13.2 Å². The number of rotatable bonds is 2. The fourth-order valence-corrected chi connectivity index (χ4v) is 2.77. The number of allylic oxidation sites excluding steroid dienone is 8. The van der Waals surface area contributed by atoms with E-state index < -0.39 is 12.1 Å². The van der Waals surface area contributed by atoms with Crippen molar-refractivity contribution < 1.29 is 13.2 Å². The molecule has 3 atom stereocenters. The Bertz CT molecular complexity index is 550. The van der Waals surface area contributed by atoms with Crippen LogP contribution in [0.5, 0.6) is 0 Å². The Morgan fingerprint density at radius 1 is 1.40 bits per heavy atom. The van der Waals surface area contributed by atoms with Gasteiger partial charge in [0.25, 0.3) is 0 Å². The van der Waals surface area contributed by atoms with E-state index in [2.05, 4.69) is 18.1 Å². The molecule has 0 aromatic heterocycles. The second-order valence-electron chi connectivity index (χ2n) is 5.38. The number of hydrogen-bond donors (Lipinski definition) is 0. The van der Waals surface area contributed by atoms with E-state index in [4.69, 9.17) is 6.42 Å². The molecule has 0 aliphatic heterocycles. The largest absolute Gasteiger partial charge is 0.396 e. The highest BCUT2D eigenvalue weighted by Gasteiger charge is 2.38. The molecule has 0 aromatic carbocycles. The molecule has 2 aliphatic carbocycles. The van der Waals surface area contributed by atoms with Crippen LogP contribution in [0.1, 0.15) is 20.3 Å². The highest BCUT2D eigenvalue weighted by atomic mass is 19.4. The van der Waals surface area contributed by atoms with Gasteiger partial charge in [0.2, 0.25) is 0 Å². The molecule has 0 spiro atoms. The third-order valence-electron chi connectivity index (χ3n) is 4.17. The molecule has 2 aliphatic rings. The van der Waals surface area contributed by atoms with Crippen molar-refractivity contribution >= 4 is 0 Å². The van der Waals surface area contributed by atoms with Crippen LogP contribution in [0.15, 0.2) is 47.1 Å². The van der Waals surface area contributed by atoms with Gasteiger partial charge in [0.15, 0.2) is 0 Å². The molecule has 0 radical (unpaired) electrons. The highest BCUT2D eigenvalue weighted by Crippen LogP contribution is 2.42. The Balaban J connectivity index is 2.30. The fraction of sp³-hybridized carbons (Fsp3) is 0.412. The van der Waals surface area contributed by atoms with Crippen molar-refractivity contribution in [3.8, 4) is 12.3 Å². The lowest BCUT2D eigenvalue weighted by molar-refractivity contribution is -0.158. The Morgan fingerprint density at radius 3 is 2.60 bits per heavy atom. The van der Waals surface area contributed by atoms with Crippen LogP contribution < -0.4 is 0 Å². The Hall–Kier alpha value is -1.69. The molecule has 0 N–H and O–H groups in total. The molecule has 0 heterocycles. The maximum atomic E-state index is 12.8. The Kier molecular flexibility index (Phi) is 3.94. The third kappa shape index (κ3) is 2.75. The Morgan fingerprint density at radius 2 is 2.05 bits per heavy atom.